The van der Waals surface area contributed by atoms with E-state index in [1.807, 2.05) is 0 Å². The van der Waals surface area contributed by atoms with E-state index in [0.717, 1.165) is 0 Å². The monoisotopic (exact) mass is 942 g/mol. The van der Waals surface area contributed by atoms with Gasteiger partial charge in [0.2, 0.25) is 12.1 Å². The van der Waals surface area contributed by atoms with Crippen LogP contribution in [0.5, 0.6) is 0 Å². The summed E-state index contributed by atoms with van der Waals surface area (Å²) in [6.45, 7) is 9.26. The van der Waals surface area contributed by atoms with Crippen LogP contribution in [0.1, 0.15) is 81.4 Å². The van der Waals surface area contributed by atoms with Gasteiger partial charge in [0.25, 0.3) is 23.6 Å². The maximum Gasteiger partial charge on any atom is 0.258 e. The topological polar surface area (TPSA) is 200 Å². The van der Waals surface area contributed by atoms with Crippen molar-refractivity contribution in [1.29, 1.82) is 0 Å². The third-order valence-electron chi connectivity index (χ3n) is 9.56. The molecule has 4 N–H and O–H groups in total. The molecule has 330 valence electrons. The molecule has 5 rings (SSSR count). The minimum Gasteiger partial charge on any atom is -0.324 e. The van der Waals surface area contributed by atoms with E-state index in [0.29, 0.717) is 39.3 Å². The number of carbonyl (C=O) groups is 6. The predicted octanol–water partition coefficient (Wildman–Crippen LogP) is 12.1. The molecule has 0 aliphatic rings. The summed E-state index contributed by atoms with van der Waals surface area (Å²) in [4.78, 5) is 78.6. The van der Waals surface area contributed by atoms with Crippen molar-refractivity contribution in [2.75, 3.05) is 21.3 Å². The number of benzene rings is 5. The number of carbonyl (C=O) groups excluding carboxylic acids is 6. The van der Waals surface area contributed by atoms with Crippen LogP contribution in [0.3, 0.4) is 0 Å². The molecule has 64 heavy (non-hydrogen) atoms. The first kappa shape index (κ1) is 48.7. The van der Waals surface area contributed by atoms with Gasteiger partial charge in [0.15, 0.2) is 11.6 Å². The van der Waals surface area contributed by atoms with E-state index in [-0.39, 0.29) is 49.0 Å². The average Bonchev–Trinajstić information content (AvgIpc) is 3.23. The molecule has 0 saturated carbocycles. The molecule has 4 unspecified atom stereocenters. The second kappa shape index (κ2) is 21.8. The molecule has 0 aromatic heterocycles. The molecule has 5 aromatic carbocycles. The first-order valence-corrected chi connectivity index (χ1v) is 21.2. The van der Waals surface area contributed by atoms with E-state index in [1.54, 1.807) is 88.4 Å². The van der Waals surface area contributed by atoms with Gasteiger partial charge in [-0.2, -0.15) is 20.5 Å². The molecule has 0 bridgehead atoms. The van der Waals surface area contributed by atoms with Crippen LogP contribution in [0.2, 0.25) is 10.0 Å². The maximum atomic E-state index is 13.5. The average molecular weight is 945 g/mol. The number of anilines is 4. The number of Topliss-reactive ketones (excluding diaryl/α,β-unsaturated/α-hetero) is 2. The van der Waals surface area contributed by atoms with Crippen molar-refractivity contribution in [3.05, 3.63) is 140 Å². The fraction of sp³-hybridized carbons (Fsp3) is 0.217. The van der Waals surface area contributed by atoms with Crippen LogP contribution in [0, 0.1) is 13.8 Å². The molecule has 4 atom stereocenters. The van der Waals surface area contributed by atoms with Gasteiger partial charge >= 0.3 is 0 Å². The SMILES string of the molecule is CC(=O)C(N=Nc1ccc(Cl)c(C(=O)Nc2ccccc2C(C)Cl)c1)C(=O)Nc1cc(C)c(NC(=O)C(N=Nc2ccc(Cl)c(C(=O)Nc3ccccc3C(C)Cl)c2)C(C)=O)c(C)c1. The van der Waals surface area contributed by atoms with Crippen LogP contribution >= 0.6 is 46.4 Å². The summed E-state index contributed by atoms with van der Waals surface area (Å²) in [6, 6.07) is 22.7. The number of halogens is 4. The Labute approximate surface area is 389 Å². The Morgan fingerprint density at radius 1 is 0.531 bits per heavy atom. The van der Waals surface area contributed by atoms with Gasteiger partial charge in [-0.15, -0.1) is 23.2 Å². The first-order chi connectivity index (χ1) is 30.3. The lowest BCUT2D eigenvalue weighted by molar-refractivity contribution is -0.127. The largest absolute Gasteiger partial charge is 0.324 e. The maximum absolute atomic E-state index is 13.5. The zero-order chi connectivity index (χ0) is 46.8. The third-order valence-corrected chi connectivity index (χ3v) is 10.7. The van der Waals surface area contributed by atoms with E-state index in [2.05, 4.69) is 41.7 Å². The Morgan fingerprint density at radius 2 is 0.922 bits per heavy atom. The van der Waals surface area contributed by atoms with Crippen molar-refractivity contribution >= 4 is 116 Å². The fourth-order valence-corrected chi connectivity index (χ4v) is 7.10. The minimum atomic E-state index is -1.56. The Kier molecular flexibility index (Phi) is 16.6. The number of rotatable bonds is 16. The van der Waals surface area contributed by atoms with Gasteiger partial charge in [0, 0.05) is 22.7 Å². The van der Waals surface area contributed by atoms with Gasteiger partial charge in [0.1, 0.15) is 0 Å². The number of alkyl halides is 2. The van der Waals surface area contributed by atoms with Crippen molar-refractivity contribution in [2.45, 2.75) is 64.4 Å². The number of azo groups is 2. The summed E-state index contributed by atoms with van der Waals surface area (Å²) >= 11 is 25.3. The van der Waals surface area contributed by atoms with Gasteiger partial charge in [-0.05, 0) is 124 Å². The molecular weight excluding hydrogens is 902 g/mol. The van der Waals surface area contributed by atoms with Crippen LogP contribution in [0.15, 0.2) is 118 Å². The van der Waals surface area contributed by atoms with Crippen LogP contribution in [0.25, 0.3) is 0 Å². The number of hydrogen-bond donors (Lipinski definition) is 4. The molecule has 0 fully saturated rings. The van der Waals surface area contributed by atoms with E-state index in [4.69, 9.17) is 46.4 Å². The lowest BCUT2D eigenvalue weighted by Crippen LogP contribution is -2.33. The number of amides is 4. The highest BCUT2D eigenvalue weighted by atomic mass is 35.5. The summed E-state index contributed by atoms with van der Waals surface area (Å²) in [5, 5.41) is 26.7. The molecule has 14 nitrogen and oxygen atoms in total. The molecule has 0 spiro atoms. The fourth-order valence-electron chi connectivity index (χ4n) is 6.31. The molecule has 0 aliphatic heterocycles. The van der Waals surface area contributed by atoms with E-state index in [1.165, 1.54) is 50.2 Å². The molecule has 0 radical (unpaired) electrons. The van der Waals surface area contributed by atoms with E-state index in [9.17, 15) is 28.8 Å². The Hall–Kier alpha value is -6.32. The Morgan fingerprint density at radius 3 is 1.31 bits per heavy atom. The van der Waals surface area contributed by atoms with Crippen LogP contribution < -0.4 is 21.3 Å². The molecule has 0 heterocycles. The second-order valence-electron chi connectivity index (χ2n) is 14.6. The van der Waals surface area contributed by atoms with Crippen LogP contribution in [-0.2, 0) is 19.2 Å². The van der Waals surface area contributed by atoms with E-state index >= 15 is 0 Å². The zero-order valence-electron chi connectivity index (χ0n) is 35.3. The second-order valence-corrected chi connectivity index (χ2v) is 16.7. The van der Waals surface area contributed by atoms with Crippen molar-refractivity contribution in [3.8, 4) is 0 Å². The number of ketones is 2. The standard InChI is InChI=1S/C46H42Cl4N8O6/c1-23-19-31(51-45(63)41(27(5)59)57-55-29-15-17-36(49)34(21-29)43(61)52-38-13-9-7-11-32(38)25(3)47)20-24(2)40(23)54-46(64)42(28(6)60)58-56-30-16-18-37(50)35(22-30)44(62)53-39-14-10-8-12-33(39)26(4)48/h7-22,25-26,41-42H,1-6H3,(H,51,63)(H,52,61)(H,53,62)(H,54,64). The smallest absolute Gasteiger partial charge is 0.258 e. The molecule has 0 aliphatic carbocycles. The normalized spacial score (nSPS) is 13.2. The summed E-state index contributed by atoms with van der Waals surface area (Å²) < 4.78 is 0. The van der Waals surface area contributed by atoms with Gasteiger partial charge in [-0.1, -0.05) is 59.6 Å². The summed E-state index contributed by atoms with van der Waals surface area (Å²) in [5.41, 5.74) is 4.51. The zero-order valence-corrected chi connectivity index (χ0v) is 38.3. The highest BCUT2D eigenvalue weighted by molar-refractivity contribution is 6.35. The highest BCUT2D eigenvalue weighted by Gasteiger charge is 2.27. The number of nitrogens with one attached hydrogen (secondary N) is 4. The number of nitrogens with zero attached hydrogens (tertiary/aromatic N) is 4. The van der Waals surface area contributed by atoms with Crippen molar-refractivity contribution in [3.63, 3.8) is 0 Å². The van der Waals surface area contributed by atoms with Crippen LogP contribution in [0.4, 0.5) is 34.1 Å². The lowest BCUT2D eigenvalue weighted by Gasteiger charge is -2.17. The molecule has 5 aromatic rings. The molecular formula is C46H42Cl4N8O6. The van der Waals surface area contributed by atoms with Gasteiger partial charge < -0.3 is 21.3 Å². The predicted molar refractivity (Wildman–Crippen MR) is 251 cm³/mol. The molecule has 18 heteroatoms. The minimum absolute atomic E-state index is 0.0762. The number of hydrogen-bond acceptors (Lipinski definition) is 10. The summed E-state index contributed by atoms with van der Waals surface area (Å²) in [6.07, 6.45) is 0. The van der Waals surface area contributed by atoms with Gasteiger partial charge in [-0.3, -0.25) is 28.8 Å². The number of para-hydroxylation sites is 2. The number of aryl methyl sites for hydroxylation is 2. The van der Waals surface area contributed by atoms with Crippen molar-refractivity contribution in [1.82, 2.24) is 0 Å². The highest BCUT2D eigenvalue weighted by Crippen LogP contribution is 2.32. The first-order valence-electron chi connectivity index (χ1n) is 19.6. The molecule has 4 amide bonds. The van der Waals surface area contributed by atoms with E-state index < -0.39 is 47.3 Å². The summed E-state index contributed by atoms with van der Waals surface area (Å²) in [5.74, 6) is -3.86. The Bertz CT molecular complexity index is 2680. The van der Waals surface area contributed by atoms with Crippen molar-refractivity contribution in [2.24, 2.45) is 20.5 Å². The quantitative estimate of drug-likeness (QED) is 0.0431. The van der Waals surface area contributed by atoms with Crippen LogP contribution in [-0.4, -0.2) is 47.3 Å². The van der Waals surface area contributed by atoms with Gasteiger partial charge in [0.05, 0.1) is 43.3 Å². The van der Waals surface area contributed by atoms with Crippen molar-refractivity contribution < 1.29 is 28.8 Å². The third kappa shape index (κ3) is 12.4. The Balaban J connectivity index is 1.26. The lowest BCUT2D eigenvalue weighted by atomic mass is 10.1. The van der Waals surface area contributed by atoms with Gasteiger partial charge in [-0.25, -0.2) is 0 Å². The summed E-state index contributed by atoms with van der Waals surface area (Å²) in [7, 11) is 0. The molecule has 0 saturated heterocycles.